The molecule has 1 rings (SSSR count). The number of methoxy groups -OCH3 is 1. The maximum Gasteiger partial charge on any atom is 0.326 e. The largest absolute Gasteiger partial charge is 0.480 e. The minimum Gasteiger partial charge on any atom is -0.480 e. The van der Waals surface area contributed by atoms with Gasteiger partial charge in [0.15, 0.2) is 0 Å². The predicted molar refractivity (Wildman–Crippen MR) is 71.7 cm³/mol. The molecule has 0 fully saturated rings. The fourth-order valence-corrected chi connectivity index (χ4v) is 1.85. The fraction of sp³-hybridized carbons (Fsp3) is 0.308. The summed E-state index contributed by atoms with van der Waals surface area (Å²) in [6.45, 7) is 1.76. The van der Waals surface area contributed by atoms with Crippen LogP contribution in [0.3, 0.4) is 0 Å². The van der Waals surface area contributed by atoms with Crippen molar-refractivity contribution in [1.29, 1.82) is 0 Å². The molecule has 0 saturated heterocycles. The van der Waals surface area contributed by atoms with Gasteiger partial charge in [0.05, 0.1) is 13.5 Å². The van der Waals surface area contributed by atoms with Gasteiger partial charge in [0.1, 0.15) is 6.04 Å². The first kappa shape index (κ1) is 16.0. The molecule has 0 aliphatic heterocycles. The summed E-state index contributed by atoms with van der Waals surface area (Å²) in [6, 6.07) is 3.30. The number of carboxylic acids is 1. The van der Waals surface area contributed by atoms with Crippen LogP contribution < -0.4 is 5.32 Å². The molecule has 0 aromatic heterocycles. The zero-order chi connectivity index (χ0) is 15.3. The van der Waals surface area contributed by atoms with E-state index in [1.54, 1.807) is 19.1 Å². The second-order valence-corrected chi connectivity index (χ2v) is 4.60. The van der Waals surface area contributed by atoms with Crippen LogP contribution in [0.25, 0.3) is 0 Å². The Kier molecular flexibility index (Phi) is 5.52. The molecular formula is C13H14ClNO5. The lowest BCUT2D eigenvalue weighted by molar-refractivity contribution is -0.147. The monoisotopic (exact) mass is 299 g/mol. The Morgan fingerprint density at radius 1 is 1.35 bits per heavy atom. The second-order valence-electron chi connectivity index (χ2n) is 4.16. The minimum atomic E-state index is -1.35. The number of amides is 1. The molecule has 0 unspecified atom stereocenters. The summed E-state index contributed by atoms with van der Waals surface area (Å²) in [5.74, 6) is -2.66. The number of aryl methyl sites for hydroxylation is 1. The average molecular weight is 300 g/mol. The number of aliphatic carboxylic acids is 1. The van der Waals surface area contributed by atoms with Gasteiger partial charge in [-0.1, -0.05) is 11.6 Å². The normalized spacial score (nSPS) is 11.6. The highest BCUT2D eigenvalue weighted by molar-refractivity contribution is 6.31. The first-order valence-corrected chi connectivity index (χ1v) is 6.09. The van der Waals surface area contributed by atoms with Crippen LogP contribution in [0.15, 0.2) is 18.2 Å². The van der Waals surface area contributed by atoms with Crippen molar-refractivity contribution in [1.82, 2.24) is 5.32 Å². The van der Waals surface area contributed by atoms with Gasteiger partial charge in [-0.2, -0.15) is 0 Å². The van der Waals surface area contributed by atoms with Crippen LogP contribution in [-0.2, 0) is 14.3 Å². The molecule has 0 aliphatic carbocycles. The molecule has 0 radical (unpaired) electrons. The molecular weight excluding hydrogens is 286 g/mol. The minimum absolute atomic E-state index is 0.228. The molecule has 0 bridgehead atoms. The van der Waals surface area contributed by atoms with Crippen LogP contribution >= 0.6 is 11.6 Å². The Hall–Kier alpha value is -2.08. The Morgan fingerprint density at radius 2 is 2.00 bits per heavy atom. The maximum atomic E-state index is 11.9. The number of rotatable bonds is 5. The highest BCUT2D eigenvalue weighted by atomic mass is 35.5. The number of ether oxygens (including phenoxy) is 1. The van der Waals surface area contributed by atoms with Crippen molar-refractivity contribution in [3.05, 3.63) is 34.3 Å². The lowest BCUT2D eigenvalue weighted by atomic mass is 10.1. The third-order valence-electron chi connectivity index (χ3n) is 2.51. The zero-order valence-electron chi connectivity index (χ0n) is 11.0. The standard InChI is InChI=1S/C13H14ClNO5/c1-7-3-8(5-9(14)4-7)12(17)15-10(13(18)19)6-11(16)20-2/h3-5,10H,6H2,1-2H3,(H,15,17)(H,18,19)/t10-/m0/s1. The van der Waals surface area contributed by atoms with E-state index in [9.17, 15) is 14.4 Å². The molecule has 0 heterocycles. The topological polar surface area (TPSA) is 92.7 Å². The molecule has 1 amide bonds. The highest BCUT2D eigenvalue weighted by Gasteiger charge is 2.24. The van der Waals surface area contributed by atoms with E-state index in [1.807, 2.05) is 0 Å². The summed E-state index contributed by atoms with van der Waals surface area (Å²) in [6.07, 6.45) is -0.447. The van der Waals surface area contributed by atoms with Gasteiger partial charge < -0.3 is 15.2 Å². The average Bonchev–Trinajstić information content (AvgIpc) is 2.36. The van der Waals surface area contributed by atoms with Crippen molar-refractivity contribution in [2.75, 3.05) is 7.11 Å². The molecule has 108 valence electrons. The third kappa shape index (κ3) is 4.55. The van der Waals surface area contributed by atoms with Gasteiger partial charge in [-0.25, -0.2) is 4.79 Å². The number of carbonyl (C=O) groups is 3. The van der Waals surface area contributed by atoms with Crippen LogP contribution in [0.2, 0.25) is 5.02 Å². The van der Waals surface area contributed by atoms with Crippen molar-refractivity contribution in [2.45, 2.75) is 19.4 Å². The van der Waals surface area contributed by atoms with E-state index in [1.165, 1.54) is 6.07 Å². The smallest absolute Gasteiger partial charge is 0.326 e. The summed E-state index contributed by atoms with van der Waals surface area (Å²) in [5, 5.41) is 11.6. The first-order chi connectivity index (χ1) is 9.33. The van der Waals surface area contributed by atoms with Crippen molar-refractivity contribution < 1.29 is 24.2 Å². The number of hydrogen-bond donors (Lipinski definition) is 2. The Morgan fingerprint density at radius 3 is 2.50 bits per heavy atom. The molecule has 20 heavy (non-hydrogen) atoms. The predicted octanol–water partition coefficient (Wildman–Crippen LogP) is 1.39. The van der Waals surface area contributed by atoms with E-state index < -0.39 is 30.3 Å². The number of benzene rings is 1. The fourth-order valence-electron chi connectivity index (χ4n) is 1.56. The number of nitrogens with one attached hydrogen (secondary N) is 1. The van der Waals surface area contributed by atoms with E-state index in [-0.39, 0.29) is 5.56 Å². The van der Waals surface area contributed by atoms with Crippen LogP contribution in [0.4, 0.5) is 0 Å². The Balaban J connectivity index is 2.85. The number of carboxylic acid groups (broad SMARTS) is 1. The van der Waals surface area contributed by atoms with Gasteiger partial charge in [-0.15, -0.1) is 0 Å². The van der Waals surface area contributed by atoms with Crippen molar-refractivity contribution in [2.24, 2.45) is 0 Å². The first-order valence-electron chi connectivity index (χ1n) is 5.71. The maximum absolute atomic E-state index is 11.9. The van der Waals surface area contributed by atoms with Crippen molar-refractivity contribution >= 4 is 29.4 Å². The zero-order valence-corrected chi connectivity index (χ0v) is 11.7. The summed E-state index contributed by atoms with van der Waals surface area (Å²) in [5.41, 5.74) is 0.994. The van der Waals surface area contributed by atoms with E-state index in [0.29, 0.717) is 5.02 Å². The van der Waals surface area contributed by atoms with Crippen molar-refractivity contribution in [3.63, 3.8) is 0 Å². The number of halogens is 1. The molecule has 0 aliphatic rings. The van der Waals surface area contributed by atoms with Gasteiger partial charge in [-0.05, 0) is 30.7 Å². The molecule has 0 spiro atoms. The summed E-state index contributed by atoms with van der Waals surface area (Å²) in [4.78, 5) is 34.0. The SMILES string of the molecule is COC(=O)C[C@H](NC(=O)c1cc(C)cc(Cl)c1)C(=O)O. The highest BCUT2D eigenvalue weighted by Crippen LogP contribution is 2.14. The van der Waals surface area contributed by atoms with E-state index in [4.69, 9.17) is 16.7 Å². The van der Waals surface area contributed by atoms with Crippen LogP contribution in [0.1, 0.15) is 22.3 Å². The van der Waals surface area contributed by atoms with Gasteiger partial charge in [0.25, 0.3) is 5.91 Å². The lowest BCUT2D eigenvalue weighted by Crippen LogP contribution is -2.42. The van der Waals surface area contributed by atoms with Crippen molar-refractivity contribution in [3.8, 4) is 0 Å². The van der Waals surface area contributed by atoms with Gasteiger partial charge in [-0.3, -0.25) is 9.59 Å². The summed E-state index contributed by atoms with van der Waals surface area (Å²) >= 11 is 5.83. The van der Waals surface area contributed by atoms with Crippen LogP contribution in [-0.4, -0.2) is 36.1 Å². The lowest BCUT2D eigenvalue weighted by Gasteiger charge is -2.13. The molecule has 0 saturated carbocycles. The second kappa shape index (κ2) is 6.91. The molecule has 7 heteroatoms. The molecule has 1 aromatic carbocycles. The molecule has 1 atom stereocenters. The van der Waals surface area contributed by atoms with E-state index in [0.717, 1.165) is 12.7 Å². The Labute approximate surface area is 120 Å². The number of hydrogen-bond acceptors (Lipinski definition) is 4. The molecule has 6 nitrogen and oxygen atoms in total. The van der Waals surface area contributed by atoms with Gasteiger partial charge >= 0.3 is 11.9 Å². The van der Waals surface area contributed by atoms with E-state index in [2.05, 4.69) is 10.1 Å². The molecule has 2 N–H and O–H groups in total. The summed E-state index contributed by atoms with van der Waals surface area (Å²) in [7, 11) is 1.14. The van der Waals surface area contributed by atoms with E-state index >= 15 is 0 Å². The Bertz CT molecular complexity index is 523. The third-order valence-corrected chi connectivity index (χ3v) is 2.72. The van der Waals surface area contributed by atoms with Gasteiger partial charge in [0, 0.05) is 10.6 Å². The quantitative estimate of drug-likeness (QED) is 0.802. The summed E-state index contributed by atoms with van der Waals surface area (Å²) < 4.78 is 4.38. The van der Waals surface area contributed by atoms with Gasteiger partial charge in [0.2, 0.25) is 0 Å². The molecule has 1 aromatic rings. The number of carbonyl (C=O) groups excluding carboxylic acids is 2. The number of esters is 1. The van der Waals surface area contributed by atoms with Crippen LogP contribution in [0, 0.1) is 6.92 Å². The van der Waals surface area contributed by atoms with Crippen LogP contribution in [0.5, 0.6) is 0 Å².